The molecule has 40 heavy (non-hydrogen) atoms. The third kappa shape index (κ3) is 5.24. The number of esters is 1. The molecule has 5 rings (SSSR count). The molecule has 8 heteroatoms. The molecular weight excluding hydrogens is 508 g/mol. The van der Waals surface area contributed by atoms with Crippen LogP contribution in [0, 0.1) is 13.8 Å². The number of nitrogens with one attached hydrogen (secondary N) is 1. The summed E-state index contributed by atoms with van der Waals surface area (Å²) >= 11 is 0. The Hall–Kier alpha value is -5.11. The van der Waals surface area contributed by atoms with E-state index < -0.39 is 11.9 Å². The molecule has 0 bridgehead atoms. The Morgan fingerprint density at radius 3 is 2.30 bits per heavy atom. The van der Waals surface area contributed by atoms with Crippen LogP contribution in [-0.4, -0.2) is 30.3 Å². The predicted molar refractivity (Wildman–Crippen MR) is 151 cm³/mol. The van der Waals surface area contributed by atoms with E-state index >= 15 is 0 Å². The number of benzene rings is 4. The van der Waals surface area contributed by atoms with Crippen molar-refractivity contribution in [1.29, 1.82) is 0 Å². The van der Waals surface area contributed by atoms with Crippen molar-refractivity contribution in [3.05, 3.63) is 112 Å². The molecule has 0 atom stereocenters. The van der Waals surface area contributed by atoms with Crippen molar-refractivity contribution < 1.29 is 28.9 Å². The predicted octanol–water partition coefficient (Wildman–Crippen LogP) is 5.89. The number of aromatic hydroxyl groups is 1. The maximum absolute atomic E-state index is 13.5. The van der Waals surface area contributed by atoms with Gasteiger partial charge in [-0.3, -0.25) is 9.79 Å². The number of carbonyl (C=O) groups excluding carboxylic acids is 2. The highest BCUT2D eigenvalue weighted by molar-refractivity contribution is 6.04. The number of fused-ring (bicyclic) bond motifs is 2. The average molecular weight is 537 g/mol. The topological polar surface area (TPSA) is 106 Å². The molecular formula is C32H28N2O6. The zero-order valence-electron chi connectivity index (χ0n) is 22.4. The monoisotopic (exact) mass is 536 g/mol. The number of phenols is 1. The molecule has 1 aliphatic rings. The van der Waals surface area contributed by atoms with Crippen molar-refractivity contribution in [2.75, 3.05) is 7.11 Å². The number of aliphatic imine (C=N–C) groups is 1. The van der Waals surface area contributed by atoms with Crippen molar-refractivity contribution >= 4 is 18.1 Å². The molecule has 202 valence electrons. The average Bonchev–Trinajstić information content (AvgIpc) is 3.11. The van der Waals surface area contributed by atoms with Gasteiger partial charge in [-0.05, 0) is 42.7 Å². The summed E-state index contributed by atoms with van der Waals surface area (Å²) in [6.45, 7) is 4.01. The van der Waals surface area contributed by atoms with Crippen molar-refractivity contribution in [2.24, 2.45) is 4.99 Å². The van der Waals surface area contributed by atoms with Crippen LogP contribution in [0.2, 0.25) is 0 Å². The molecule has 0 fully saturated rings. The van der Waals surface area contributed by atoms with E-state index in [0.717, 1.165) is 11.1 Å². The van der Waals surface area contributed by atoms with E-state index in [2.05, 4.69) is 10.3 Å². The van der Waals surface area contributed by atoms with Gasteiger partial charge in [-0.15, -0.1) is 0 Å². The van der Waals surface area contributed by atoms with Crippen LogP contribution in [0.15, 0.2) is 77.8 Å². The summed E-state index contributed by atoms with van der Waals surface area (Å²) in [6, 6.07) is 22.1. The Bertz CT molecular complexity index is 1610. The Morgan fingerprint density at radius 2 is 1.62 bits per heavy atom. The Kier molecular flexibility index (Phi) is 7.50. The molecule has 0 aromatic heterocycles. The van der Waals surface area contributed by atoms with E-state index in [-0.39, 0.29) is 46.2 Å². The van der Waals surface area contributed by atoms with Crippen LogP contribution in [-0.2, 0) is 13.1 Å². The second kappa shape index (κ2) is 11.3. The van der Waals surface area contributed by atoms with E-state index in [9.17, 15) is 14.7 Å². The molecule has 0 unspecified atom stereocenters. The highest BCUT2D eigenvalue weighted by atomic mass is 16.6. The van der Waals surface area contributed by atoms with Gasteiger partial charge in [-0.1, -0.05) is 60.7 Å². The number of methoxy groups -OCH3 is 1. The number of phenolic OH excluding ortho intramolecular Hbond substituents is 1. The van der Waals surface area contributed by atoms with Crippen LogP contribution < -0.4 is 19.5 Å². The summed E-state index contributed by atoms with van der Waals surface area (Å²) in [5, 5.41) is 13.8. The van der Waals surface area contributed by atoms with E-state index in [4.69, 9.17) is 14.2 Å². The third-order valence-electron chi connectivity index (χ3n) is 6.63. The third-order valence-corrected chi connectivity index (χ3v) is 6.63. The Balaban J connectivity index is 1.59. The lowest BCUT2D eigenvalue weighted by Crippen LogP contribution is -2.23. The number of hydrogen-bond acceptors (Lipinski definition) is 7. The van der Waals surface area contributed by atoms with Crippen molar-refractivity contribution in [3.8, 4) is 28.7 Å². The van der Waals surface area contributed by atoms with Gasteiger partial charge in [0.2, 0.25) is 0 Å². The second-order valence-corrected chi connectivity index (χ2v) is 9.36. The van der Waals surface area contributed by atoms with E-state index in [1.165, 1.54) is 19.4 Å². The number of aryl methyl sites for hydroxylation is 1. The van der Waals surface area contributed by atoms with Crippen LogP contribution in [0.1, 0.15) is 48.5 Å². The molecule has 0 aliphatic carbocycles. The first-order valence-electron chi connectivity index (χ1n) is 12.7. The second-order valence-electron chi connectivity index (χ2n) is 9.36. The van der Waals surface area contributed by atoms with Gasteiger partial charge in [-0.25, -0.2) is 4.79 Å². The number of hydrogen-bond donors (Lipinski definition) is 2. The molecule has 0 radical (unpaired) electrons. The first-order valence-corrected chi connectivity index (χ1v) is 12.7. The summed E-state index contributed by atoms with van der Waals surface area (Å²) in [6.07, 6.45) is 1.46. The standard InChI is InChI=1S/C32H28N2O6/c1-19-14-25(35)24(18-33-16-21-10-6-4-7-11-21)29-27(19)32(37)40-28-20(2)26(38-3)15-23(30(28)39-29)31(36)34-17-22-12-8-5-9-13-22/h4-15,18,35H,16-17H2,1-3H3,(H,34,36). The van der Waals surface area contributed by atoms with E-state index in [1.54, 1.807) is 19.9 Å². The number of amides is 1. The maximum atomic E-state index is 13.5. The lowest BCUT2D eigenvalue weighted by atomic mass is 10.0. The minimum absolute atomic E-state index is 0.0404. The summed E-state index contributed by atoms with van der Waals surface area (Å²) in [5.41, 5.74) is 3.26. The molecule has 1 heterocycles. The van der Waals surface area contributed by atoms with Gasteiger partial charge in [0.15, 0.2) is 17.2 Å². The first-order chi connectivity index (χ1) is 19.4. The first kappa shape index (κ1) is 26.5. The SMILES string of the molecule is COc1cc(C(=O)NCc2ccccc2)c2c(c1C)OC(=O)c1c(C)cc(O)c(C=NCc3ccccc3)c1O2. The molecule has 0 saturated carbocycles. The van der Waals surface area contributed by atoms with Gasteiger partial charge >= 0.3 is 5.97 Å². The van der Waals surface area contributed by atoms with Crippen LogP contribution >= 0.6 is 0 Å². The summed E-state index contributed by atoms with van der Waals surface area (Å²) in [5.74, 6) is -0.736. The zero-order valence-corrected chi connectivity index (χ0v) is 22.4. The fourth-order valence-electron chi connectivity index (χ4n) is 4.53. The van der Waals surface area contributed by atoms with E-state index in [1.807, 2.05) is 60.7 Å². The number of nitrogens with zero attached hydrogens (tertiary/aromatic N) is 1. The number of ether oxygens (including phenoxy) is 3. The van der Waals surface area contributed by atoms with Gasteiger partial charge in [0, 0.05) is 18.3 Å². The van der Waals surface area contributed by atoms with Crippen LogP contribution in [0.5, 0.6) is 28.7 Å². The quantitative estimate of drug-likeness (QED) is 0.173. The Labute approximate surface area is 231 Å². The highest BCUT2D eigenvalue weighted by Crippen LogP contribution is 2.48. The normalized spacial score (nSPS) is 12.1. The summed E-state index contributed by atoms with van der Waals surface area (Å²) in [4.78, 5) is 31.4. The minimum atomic E-state index is -0.684. The largest absolute Gasteiger partial charge is 0.507 e. The van der Waals surface area contributed by atoms with Crippen LogP contribution in [0.4, 0.5) is 0 Å². The Morgan fingerprint density at radius 1 is 0.950 bits per heavy atom. The zero-order chi connectivity index (χ0) is 28.2. The number of carbonyl (C=O) groups is 2. The molecule has 8 nitrogen and oxygen atoms in total. The van der Waals surface area contributed by atoms with Crippen molar-refractivity contribution in [1.82, 2.24) is 5.32 Å². The fraction of sp³-hybridized carbons (Fsp3) is 0.156. The molecule has 1 amide bonds. The van der Waals surface area contributed by atoms with Crippen LogP contribution in [0.25, 0.3) is 0 Å². The van der Waals surface area contributed by atoms with Gasteiger partial charge in [0.05, 0.1) is 24.8 Å². The fourth-order valence-corrected chi connectivity index (χ4v) is 4.53. The smallest absolute Gasteiger partial charge is 0.347 e. The van der Waals surface area contributed by atoms with Crippen molar-refractivity contribution in [2.45, 2.75) is 26.9 Å². The van der Waals surface area contributed by atoms with Gasteiger partial charge < -0.3 is 24.6 Å². The minimum Gasteiger partial charge on any atom is -0.507 e. The molecule has 4 aromatic carbocycles. The molecule has 2 N–H and O–H groups in total. The summed E-state index contributed by atoms with van der Waals surface area (Å²) in [7, 11) is 1.47. The van der Waals surface area contributed by atoms with Crippen molar-refractivity contribution in [3.63, 3.8) is 0 Å². The number of rotatable bonds is 7. The maximum Gasteiger partial charge on any atom is 0.347 e. The van der Waals surface area contributed by atoms with E-state index in [0.29, 0.717) is 23.4 Å². The van der Waals surface area contributed by atoms with Gasteiger partial charge in [-0.2, -0.15) is 0 Å². The lowest BCUT2D eigenvalue weighted by molar-refractivity contribution is 0.0734. The van der Waals surface area contributed by atoms with Gasteiger partial charge in [0.25, 0.3) is 5.91 Å². The summed E-state index contributed by atoms with van der Waals surface area (Å²) < 4.78 is 17.6. The van der Waals surface area contributed by atoms with Crippen LogP contribution in [0.3, 0.4) is 0 Å². The molecule has 1 aliphatic heterocycles. The highest BCUT2D eigenvalue weighted by Gasteiger charge is 2.33. The molecule has 4 aromatic rings. The molecule has 0 spiro atoms. The lowest BCUT2D eigenvalue weighted by Gasteiger charge is -2.18. The molecule has 0 saturated heterocycles. The van der Waals surface area contributed by atoms with Gasteiger partial charge in [0.1, 0.15) is 17.1 Å².